The summed E-state index contributed by atoms with van der Waals surface area (Å²) in [5, 5.41) is 0. The van der Waals surface area contributed by atoms with Crippen molar-refractivity contribution >= 4 is 21.7 Å². The van der Waals surface area contributed by atoms with Crippen LogP contribution >= 0.6 is 15.9 Å². The average molecular weight is 295 g/mol. The van der Waals surface area contributed by atoms with E-state index in [2.05, 4.69) is 31.9 Å². The van der Waals surface area contributed by atoms with E-state index in [1.165, 1.54) is 45.1 Å². The Kier molecular flexibility index (Phi) is 3.37. The maximum atomic E-state index is 4.57. The number of halogens is 1. The van der Waals surface area contributed by atoms with Crippen molar-refractivity contribution in [3.63, 3.8) is 0 Å². The molecule has 2 fully saturated rings. The summed E-state index contributed by atoms with van der Waals surface area (Å²) in [6.07, 6.45) is 10.3. The summed E-state index contributed by atoms with van der Waals surface area (Å²) in [7, 11) is 0. The van der Waals surface area contributed by atoms with Crippen molar-refractivity contribution in [3.8, 4) is 0 Å². The minimum atomic E-state index is 0.740. The summed E-state index contributed by atoms with van der Waals surface area (Å²) in [6, 6.07) is 4.84. The molecule has 1 aliphatic heterocycles. The van der Waals surface area contributed by atoms with Gasteiger partial charge in [0.1, 0.15) is 5.82 Å². The molecule has 17 heavy (non-hydrogen) atoms. The highest BCUT2D eigenvalue weighted by molar-refractivity contribution is 9.10. The van der Waals surface area contributed by atoms with Gasteiger partial charge in [0.2, 0.25) is 0 Å². The van der Waals surface area contributed by atoms with Crippen molar-refractivity contribution in [3.05, 3.63) is 22.8 Å². The molecular weight excluding hydrogens is 276 g/mol. The van der Waals surface area contributed by atoms with Crippen molar-refractivity contribution in [1.29, 1.82) is 0 Å². The Labute approximate surface area is 112 Å². The zero-order valence-corrected chi connectivity index (χ0v) is 11.7. The summed E-state index contributed by atoms with van der Waals surface area (Å²) < 4.78 is 1.14. The topological polar surface area (TPSA) is 16.1 Å². The van der Waals surface area contributed by atoms with Gasteiger partial charge in [-0.2, -0.15) is 0 Å². The van der Waals surface area contributed by atoms with E-state index in [1.54, 1.807) is 0 Å². The molecule has 3 rings (SSSR count). The Hall–Kier alpha value is -0.570. The van der Waals surface area contributed by atoms with Crippen LogP contribution in [0, 0.1) is 5.92 Å². The van der Waals surface area contributed by atoms with Gasteiger partial charge in [-0.25, -0.2) is 4.98 Å². The number of fused-ring (bicyclic) bond motifs is 1. The lowest BCUT2D eigenvalue weighted by atomic mass is 9.78. The fourth-order valence-electron chi connectivity index (χ4n) is 3.48. The summed E-state index contributed by atoms with van der Waals surface area (Å²) in [5.74, 6) is 2.07. The first-order valence-electron chi connectivity index (χ1n) is 6.73. The largest absolute Gasteiger partial charge is 0.352 e. The molecule has 1 saturated heterocycles. The minimum Gasteiger partial charge on any atom is -0.352 e. The van der Waals surface area contributed by atoms with Gasteiger partial charge in [-0.3, -0.25) is 0 Å². The molecule has 0 radical (unpaired) electrons. The second kappa shape index (κ2) is 4.97. The van der Waals surface area contributed by atoms with Gasteiger partial charge in [0.15, 0.2) is 0 Å². The van der Waals surface area contributed by atoms with E-state index < -0.39 is 0 Å². The molecule has 0 bridgehead atoms. The van der Waals surface area contributed by atoms with Crippen LogP contribution in [0.2, 0.25) is 0 Å². The smallest absolute Gasteiger partial charge is 0.143 e. The molecule has 0 aromatic carbocycles. The highest BCUT2D eigenvalue weighted by atomic mass is 79.9. The lowest BCUT2D eigenvalue weighted by molar-refractivity contribution is 0.242. The van der Waals surface area contributed by atoms with E-state index in [-0.39, 0.29) is 0 Å². The van der Waals surface area contributed by atoms with E-state index in [0.717, 1.165) is 22.3 Å². The number of nitrogens with zero attached hydrogens (tertiary/aromatic N) is 2. The third-order valence-electron chi connectivity index (χ3n) is 4.25. The predicted molar refractivity (Wildman–Crippen MR) is 74.3 cm³/mol. The summed E-state index contributed by atoms with van der Waals surface area (Å²) in [4.78, 5) is 7.13. The fourth-order valence-corrected chi connectivity index (χ4v) is 3.96. The maximum Gasteiger partial charge on any atom is 0.143 e. The molecule has 2 heterocycles. The fraction of sp³-hybridized carbons (Fsp3) is 0.643. The standard InChI is InChI=1S/C14H19BrN2/c15-12-7-3-9-16-14(12)17-10-4-6-11-5-1-2-8-13(11)17/h3,7,9,11,13H,1-2,4-6,8,10H2. The Bertz CT molecular complexity index is 392. The number of anilines is 1. The van der Waals surface area contributed by atoms with Gasteiger partial charge in [0.05, 0.1) is 4.47 Å². The molecule has 1 saturated carbocycles. The van der Waals surface area contributed by atoms with Gasteiger partial charge in [-0.15, -0.1) is 0 Å². The molecule has 1 aromatic heterocycles. The monoisotopic (exact) mass is 294 g/mol. The molecule has 0 amide bonds. The van der Waals surface area contributed by atoms with Crippen LogP contribution < -0.4 is 4.90 Å². The Morgan fingerprint density at radius 2 is 2.00 bits per heavy atom. The first kappa shape index (κ1) is 11.5. The highest BCUT2D eigenvalue weighted by Gasteiger charge is 2.34. The van der Waals surface area contributed by atoms with Gasteiger partial charge >= 0.3 is 0 Å². The van der Waals surface area contributed by atoms with Crippen molar-refractivity contribution in [2.45, 2.75) is 44.6 Å². The second-order valence-electron chi connectivity index (χ2n) is 5.26. The third-order valence-corrected chi connectivity index (χ3v) is 4.87. The van der Waals surface area contributed by atoms with Crippen molar-refractivity contribution < 1.29 is 0 Å². The Morgan fingerprint density at radius 3 is 2.88 bits per heavy atom. The highest BCUT2D eigenvalue weighted by Crippen LogP contribution is 2.38. The third kappa shape index (κ3) is 2.22. The Balaban J connectivity index is 1.88. The van der Waals surface area contributed by atoms with E-state index in [1.807, 2.05) is 12.3 Å². The SMILES string of the molecule is Brc1cccnc1N1CCCC2CCCCC21. The van der Waals surface area contributed by atoms with Crippen LogP contribution in [-0.2, 0) is 0 Å². The number of piperidine rings is 1. The lowest BCUT2D eigenvalue weighted by Crippen LogP contribution is -2.47. The lowest BCUT2D eigenvalue weighted by Gasteiger charge is -2.45. The van der Waals surface area contributed by atoms with Crippen molar-refractivity contribution in [2.75, 3.05) is 11.4 Å². The maximum absolute atomic E-state index is 4.57. The number of hydrogen-bond donors (Lipinski definition) is 0. The molecule has 0 N–H and O–H groups in total. The molecule has 1 aliphatic carbocycles. The second-order valence-corrected chi connectivity index (χ2v) is 6.11. The van der Waals surface area contributed by atoms with Gasteiger partial charge in [0, 0.05) is 18.8 Å². The summed E-state index contributed by atoms with van der Waals surface area (Å²) in [6.45, 7) is 1.18. The number of rotatable bonds is 1. The zero-order valence-electron chi connectivity index (χ0n) is 10.1. The number of pyridine rings is 1. The number of hydrogen-bond acceptors (Lipinski definition) is 2. The molecule has 2 atom stereocenters. The summed E-state index contributed by atoms with van der Waals surface area (Å²) >= 11 is 3.64. The molecular formula is C14H19BrN2. The van der Waals surface area contributed by atoms with Crippen LogP contribution in [0.1, 0.15) is 38.5 Å². The molecule has 0 spiro atoms. The van der Waals surface area contributed by atoms with Gasteiger partial charge < -0.3 is 4.90 Å². The molecule has 92 valence electrons. The van der Waals surface area contributed by atoms with Crippen LogP contribution in [0.15, 0.2) is 22.8 Å². The van der Waals surface area contributed by atoms with Crippen molar-refractivity contribution in [2.24, 2.45) is 5.92 Å². The van der Waals surface area contributed by atoms with Crippen LogP contribution in [0.25, 0.3) is 0 Å². The Morgan fingerprint density at radius 1 is 1.18 bits per heavy atom. The van der Waals surface area contributed by atoms with E-state index in [9.17, 15) is 0 Å². The molecule has 1 aromatic rings. The molecule has 3 heteroatoms. The van der Waals surface area contributed by atoms with E-state index in [0.29, 0.717) is 0 Å². The van der Waals surface area contributed by atoms with Gasteiger partial charge in [-0.05, 0) is 59.7 Å². The first-order valence-corrected chi connectivity index (χ1v) is 7.53. The van der Waals surface area contributed by atoms with Gasteiger partial charge in [-0.1, -0.05) is 12.8 Å². The van der Waals surface area contributed by atoms with E-state index >= 15 is 0 Å². The normalized spacial score (nSPS) is 28.9. The summed E-state index contributed by atoms with van der Waals surface area (Å²) in [5.41, 5.74) is 0. The van der Waals surface area contributed by atoms with Gasteiger partial charge in [0.25, 0.3) is 0 Å². The van der Waals surface area contributed by atoms with E-state index in [4.69, 9.17) is 0 Å². The zero-order chi connectivity index (χ0) is 11.7. The quantitative estimate of drug-likeness (QED) is 0.778. The predicted octanol–water partition coefficient (Wildman–Crippen LogP) is 4.00. The van der Waals surface area contributed by atoms with Crippen molar-refractivity contribution in [1.82, 2.24) is 4.98 Å². The molecule has 2 nitrogen and oxygen atoms in total. The molecule has 2 unspecified atom stereocenters. The van der Waals surface area contributed by atoms with Crippen LogP contribution in [-0.4, -0.2) is 17.6 Å². The minimum absolute atomic E-state index is 0.740. The van der Waals surface area contributed by atoms with Crippen LogP contribution in [0.5, 0.6) is 0 Å². The average Bonchev–Trinajstić information content (AvgIpc) is 2.39. The first-order chi connectivity index (χ1) is 8.36. The van der Waals surface area contributed by atoms with Crippen LogP contribution in [0.3, 0.4) is 0 Å². The van der Waals surface area contributed by atoms with Crippen LogP contribution in [0.4, 0.5) is 5.82 Å². The molecule has 2 aliphatic rings. The number of aromatic nitrogens is 1.